The first-order chi connectivity index (χ1) is 8.92. The Balaban J connectivity index is 2.08. The van der Waals surface area contributed by atoms with Crippen molar-refractivity contribution in [1.82, 2.24) is 4.72 Å². The third-order valence-corrected chi connectivity index (χ3v) is 6.18. The van der Waals surface area contributed by atoms with Crippen molar-refractivity contribution in [2.75, 3.05) is 0 Å². The highest BCUT2D eigenvalue weighted by Gasteiger charge is 2.28. The summed E-state index contributed by atoms with van der Waals surface area (Å²) in [6, 6.07) is 1.15. The van der Waals surface area contributed by atoms with Gasteiger partial charge in [0.2, 0.25) is 10.0 Å². The molecule has 1 saturated carbocycles. The minimum absolute atomic E-state index is 0.0145. The molecule has 0 radical (unpaired) electrons. The van der Waals surface area contributed by atoms with Crippen molar-refractivity contribution in [2.45, 2.75) is 42.9 Å². The summed E-state index contributed by atoms with van der Waals surface area (Å²) in [7, 11) is -3.60. The van der Waals surface area contributed by atoms with Crippen molar-refractivity contribution in [3.05, 3.63) is 17.0 Å². The summed E-state index contributed by atoms with van der Waals surface area (Å²) in [6.45, 7) is 1.95. The van der Waals surface area contributed by atoms with E-state index in [2.05, 4.69) is 4.72 Å². The van der Waals surface area contributed by atoms with Gasteiger partial charge in [-0.25, -0.2) is 17.9 Å². The van der Waals surface area contributed by atoms with Gasteiger partial charge in [0.1, 0.15) is 4.21 Å². The Bertz CT molecular complexity index is 560. The summed E-state index contributed by atoms with van der Waals surface area (Å²) in [5, 5.41) is 10.2. The molecule has 106 valence electrons. The minimum atomic E-state index is -3.60. The number of carboxylic acid groups (broad SMARTS) is 1. The van der Waals surface area contributed by atoms with Crippen LogP contribution in [0.25, 0.3) is 0 Å². The summed E-state index contributed by atoms with van der Waals surface area (Å²) in [4.78, 5) is 10.8. The molecule has 1 aliphatic rings. The SMILES string of the molecule is CCC(CC1CC1)NS(=O)(=O)c1cc(C(=O)O)cs1. The molecule has 0 saturated heterocycles. The van der Waals surface area contributed by atoms with Crippen LogP contribution in [0.1, 0.15) is 43.0 Å². The predicted molar refractivity (Wildman–Crippen MR) is 73.0 cm³/mol. The molecule has 2 N–H and O–H groups in total. The second kappa shape index (κ2) is 5.60. The Morgan fingerprint density at radius 1 is 1.58 bits per heavy atom. The van der Waals surface area contributed by atoms with Crippen molar-refractivity contribution >= 4 is 27.3 Å². The zero-order valence-corrected chi connectivity index (χ0v) is 12.3. The van der Waals surface area contributed by atoms with Crippen molar-refractivity contribution in [3.8, 4) is 0 Å². The van der Waals surface area contributed by atoms with Crippen LogP contribution in [0.5, 0.6) is 0 Å². The molecule has 19 heavy (non-hydrogen) atoms. The Morgan fingerprint density at radius 3 is 2.74 bits per heavy atom. The standard InChI is InChI=1S/C12H17NO4S2/c1-2-10(5-8-3-4-8)13-19(16,17)11-6-9(7-18-11)12(14)15/h6-8,10,13H,2-5H2,1H3,(H,14,15). The first-order valence-electron chi connectivity index (χ1n) is 6.26. The van der Waals surface area contributed by atoms with Crippen LogP contribution in [0.4, 0.5) is 0 Å². The van der Waals surface area contributed by atoms with Gasteiger partial charge in [-0.15, -0.1) is 11.3 Å². The number of hydrogen-bond acceptors (Lipinski definition) is 4. The van der Waals surface area contributed by atoms with Gasteiger partial charge in [0.15, 0.2) is 0 Å². The van der Waals surface area contributed by atoms with Gasteiger partial charge >= 0.3 is 5.97 Å². The monoisotopic (exact) mass is 303 g/mol. The number of nitrogens with one attached hydrogen (secondary N) is 1. The summed E-state index contributed by atoms with van der Waals surface area (Å²) < 4.78 is 27.0. The Morgan fingerprint density at radius 2 is 2.26 bits per heavy atom. The van der Waals surface area contributed by atoms with E-state index in [1.165, 1.54) is 24.3 Å². The summed E-state index contributed by atoms with van der Waals surface area (Å²) in [6.07, 6.45) is 3.97. The quantitative estimate of drug-likeness (QED) is 0.809. The van der Waals surface area contributed by atoms with Crippen LogP contribution in [0.3, 0.4) is 0 Å². The fourth-order valence-corrected chi connectivity index (χ4v) is 4.40. The van der Waals surface area contributed by atoms with Gasteiger partial charge in [0, 0.05) is 11.4 Å². The maximum Gasteiger partial charge on any atom is 0.336 e. The van der Waals surface area contributed by atoms with Gasteiger partial charge in [-0.2, -0.15) is 0 Å². The van der Waals surface area contributed by atoms with E-state index in [0.717, 1.165) is 24.2 Å². The van der Waals surface area contributed by atoms with Crippen molar-refractivity contribution < 1.29 is 18.3 Å². The molecule has 0 aliphatic heterocycles. The van der Waals surface area contributed by atoms with Crippen LogP contribution in [0.15, 0.2) is 15.7 Å². The number of thiophene rings is 1. The Hall–Kier alpha value is -0.920. The number of rotatable bonds is 7. The van der Waals surface area contributed by atoms with E-state index < -0.39 is 16.0 Å². The van der Waals surface area contributed by atoms with E-state index >= 15 is 0 Å². The normalized spacial score (nSPS) is 17.3. The molecule has 1 aromatic rings. The number of hydrogen-bond donors (Lipinski definition) is 2. The summed E-state index contributed by atoms with van der Waals surface area (Å²) in [5.74, 6) is -0.465. The van der Waals surface area contributed by atoms with Crippen LogP contribution >= 0.6 is 11.3 Å². The summed E-state index contributed by atoms with van der Waals surface area (Å²) >= 11 is 0.941. The molecular weight excluding hydrogens is 286 g/mol. The minimum Gasteiger partial charge on any atom is -0.478 e. The van der Waals surface area contributed by atoms with E-state index in [1.54, 1.807) is 0 Å². The van der Waals surface area contributed by atoms with E-state index in [4.69, 9.17) is 5.11 Å². The lowest BCUT2D eigenvalue weighted by Crippen LogP contribution is -2.34. The zero-order valence-electron chi connectivity index (χ0n) is 10.6. The second-order valence-electron chi connectivity index (χ2n) is 4.87. The lowest BCUT2D eigenvalue weighted by atomic mass is 10.1. The van der Waals surface area contributed by atoms with Gasteiger partial charge in [-0.3, -0.25) is 0 Å². The smallest absolute Gasteiger partial charge is 0.336 e. The van der Waals surface area contributed by atoms with Gasteiger partial charge in [0.25, 0.3) is 0 Å². The average molecular weight is 303 g/mol. The molecule has 0 aromatic carbocycles. The van der Waals surface area contributed by atoms with Crippen molar-refractivity contribution in [1.29, 1.82) is 0 Å². The van der Waals surface area contributed by atoms with Crippen molar-refractivity contribution in [3.63, 3.8) is 0 Å². The number of carboxylic acids is 1. The van der Waals surface area contributed by atoms with Crippen LogP contribution in [0.2, 0.25) is 0 Å². The zero-order chi connectivity index (χ0) is 14.0. The average Bonchev–Trinajstić information content (AvgIpc) is 2.99. The van der Waals surface area contributed by atoms with Crippen LogP contribution < -0.4 is 4.72 Å². The van der Waals surface area contributed by atoms with E-state index in [1.807, 2.05) is 6.92 Å². The molecule has 0 spiro atoms. The molecule has 5 nitrogen and oxygen atoms in total. The highest BCUT2D eigenvalue weighted by atomic mass is 32.2. The third kappa shape index (κ3) is 3.77. The predicted octanol–water partition coefficient (Wildman–Crippen LogP) is 2.30. The molecule has 7 heteroatoms. The van der Waals surface area contributed by atoms with Gasteiger partial charge in [0.05, 0.1) is 5.56 Å². The van der Waals surface area contributed by atoms with E-state index in [-0.39, 0.29) is 15.8 Å². The lowest BCUT2D eigenvalue weighted by molar-refractivity contribution is 0.0697. The number of sulfonamides is 1. The molecule has 1 heterocycles. The Labute approximate surface area is 116 Å². The first-order valence-corrected chi connectivity index (χ1v) is 8.63. The summed E-state index contributed by atoms with van der Waals surface area (Å²) in [5.41, 5.74) is 0.0145. The number of aromatic carboxylic acids is 1. The molecule has 1 fully saturated rings. The maximum atomic E-state index is 12.1. The molecule has 1 aliphatic carbocycles. The highest BCUT2D eigenvalue weighted by Crippen LogP contribution is 2.34. The topological polar surface area (TPSA) is 83.5 Å². The van der Waals surface area contributed by atoms with Crippen LogP contribution in [-0.4, -0.2) is 25.5 Å². The molecule has 1 atom stereocenters. The molecule has 0 amide bonds. The highest BCUT2D eigenvalue weighted by molar-refractivity contribution is 7.91. The van der Waals surface area contributed by atoms with E-state index in [0.29, 0.717) is 5.92 Å². The molecule has 2 rings (SSSR count). The second-order valence-corrected chi connectivity index (χ2v) is 7.72. The molecular formula is C12H17NO4S2. The molecule has 1 unspecified atom stereocenters. The Kier molecular flexibility index (Phi) is 4.27. The largest absolute Gasteiger partial charge is 0.478 e. The van der Waals surface area contributed by atoms with Crippen LogP contribution in [-0.2, 0) is 10.0 Å². The lowest BCUT2D eigenvalue weighted by Gasteiger charge is -2.15. The number of carbonyl (C=O) groups is 1. The maximum absolute atomic E-state index is 12.1. The van der Waals surface area contributed by atoms with Crippen molar-refractivity contribution in [2.24, 2.45) is 5.92 Å². The third-order valence-electron chi connectivity index (χ3n) is 3.22. The molecule has 1 aromatic heterocycles. The van der Waals surface area contributed by atoms with Gasteiger partial charge in [-0.1, -0.05) is 19.8 Å². The molecule has 0 bridgehead atoms. The fraction of sp³-hybridized carbons (Fsp3) is 0.583. The van der Waals surface area contributed by atoms with E-state index in [9.17, 15) is 13.2 Å². The van der Waals surface area contributed by atoms with Crippen LogP contribution in [0, 0.1) is 5.92 Å². The fourth-order valence-electron chi connectivity index (χ4n) is 1.90. The van der Waals surface area contributed by atoms with Gasteiger partial charge < -0.3 is 5.11 Å². The first kappa shape index (κ1) is 14.5. The van der Waals surface area contributed by atoms with Gasteiger partial charge in [-0.05, 0) is 24.8 Å².